The van der Waals surface area contributed by atoms with E-state index in [1.165, 1.54) is 4.90 Å². The fraction of sp³-hybridized carbons (Fsp3) is 0.467. The SMILES string of the molecule is CN(C)C(=O)NC1CCN(C(=O)c2ccc(Cl)c(Cl)c2)CC1. The third-order valence-corrected chi connectivity index (χ3v) is 4.42. The first-order valence-corrected chi connectivity index (χ1v) is 7.86. The first kappa shape index (κ1) is 16.9. The molecule has 5 nitrogen and oxygen atoms in total. The highest BCUT2D eigenvalue weighted by Crippen LogP contribution is 2.24. The van der Waals surface area contributed by atoms with Crippen molar-refractivity contribution in [3.05, 3.63) is 33.8 Å². The fourth-order valence-corrected chi connectivity index (χ4v) is 2.64. The minimum atomic E-state index is -0.103. The average Bonchev–Trinajstić information content (AvgIpc) is 2.50. The van der Waals surface area contributed by atoms with E-state index in [0.717, 1.165) is 12.8 Å². The summed E-state index contributed by atoms with van der Waals surface area (Å²) in [5, 5.41) is 3.75. The van der Waals surface area contributed by atoms with E-state index in [4.69, 9.17) is 23.2 Å². The quantitative estimate of drug-likeness (QED) is 0.897. The second-order valence-electron chi connectivity index (χ2n) is 5.54. The van der Waals surface area contributed by atoms with Gasteiger partial charge in [-0.1, -0.05) is 23.2 Å². The van der Waals surface area contributed by atoms with Crippen molar-refractivity contribution in [1.82, 2.24) is 15.1 Å². The number of piperidine rings is 1. The maximum atomic E-state index is 12.4. The second kappa shape index (κ2) is 7.20. The molecule has 0 spiro atoms. The molecule has 0 bridgehead atoms. The Labute approximate surface area is 140 Å². The van der Waals surface area contributed by atoms with Crippen LogP contribution in [0.3, 0.4) is 0 Å². The van der Waals surface area contributed by atoms with Gasteiger partial charge in [0.25, 0.3) is 5.91 Å². The highest BCUT2D eigenvalue weighted by Gasteiger charge is 2.25. The van der Waals surface area contributed by atoms with Crippen LogP contribution in [0.1, 0.15) is 23.2 Å². The van der Waals surface area contributed by atoms with Crippen LogP contribution in [0.15, 0.2) is 18.2 Å². The van der Waals surface area contributed by atoms with E-state index < -0.39 is 0 Å². The zero-order valence-corrected chi connectivity index (χ0v) is 14.1. The molecule has 0 aliphatic carbocycles. The summed E-state index contributed by atoms with van der Waals surface area (Å²) in [4.78, 5) is 27.3. The molecule has 2 rings (SSSR count). The van der Waals surface area contributed by atoms with Crippen molar-refractivity contribution in [3.63, 3.8) is 0 Å². The number of hydrogen-bond acceptors (Lipinski definition) is 2. The lowest BCUT2D eigenvalue weighted by molar-refractivity contribution is 0.0707. The van der Waals surface area contributed by atoms with Crippen LogP contribution in [-0.4, -0.2) is 55.0 Å². The summed E-state index contributed by atoms with van der Waals surface area (Å²) in [6.07, 6.45) is 1.49. The van der Waals surface area contributed by atoms with Crippen LogP contribution < -0.4 is 5.32 Å². The molecule has 1 aliphatic heterocycles. The molecule has 1 aromatic rings. The average molecular weight is 344 g/mol. The van der Waals surface area contributed by atoms with Crippen LogP contribution in [0, 0.1) is 0 Å². The van der Waals surface area contributed by atoms with Gasteiger partial charge in [-0.25, -0.2) is 4.79 Å². The molecule has 1 aliphatic rings. The minimum Gasteiger partial charge on any atom is -0.338 e. The smallest absolute Gasteiger partial charge is 0.317 e. The molecule has 1 heterocycles. The monoisotopic (exact) mass is 343 g/mol. The normalized spacial score (nSPS) is 15.5. The fourth-order valence-electron chi connectivity index (χ4n) is 2.34. The van der Waals surface area contributed by atoms with Gasteiger partial charge >= 0.3 is 6.03 Å². The number of nitrogens with zero attached hydrogens (tertiary/aromatic N) is 2. The number of likely N-dealkylation sites (tertiary alicyclic amines) is 1. The molecule has 1 fully saturated rings. The van der Waals surface area contributed by atoms with Gasteiger partial charge in [-0.15, -0.1) is 0 Å². The van der Waals surface area contributed by atoms with Crippen molar-refractivity contribution in [2.24, 2.45) is 0 Å². The van der Waals surface area contributed by atoms with Gasteiger partial charge in [-0.2, -0.15) is 0 Å². The summed E-state index contributed by atoms with van der Waals surface area (Å²) >= 11 is 11.8. The molecular formula is C15H19Cl2N3O2. The van der Waals surface area contributed by atoms with Gasteiger partial charge in [0, 0.05) is 38.8 Å². The lowest BCUT2D eigenvalue weighted by atomic mass is 10.0. The summed E-state index contributed by atoms with van der Waals surface area (Å²) < 4.78 is 0. The molecule has 120 valence electrons. The van der Waals surface area contributed by atoms with Crippen molar-refractivity contribution in [1.29, 1.82) is 0 Å². The number of halogens is 2. The Morgan fingerprint density at radius 3 is 2.36 bits per heavy atom. The number of hydrogen-bond donors (Lipinski definition) is 1. The van der Waals surface area contributed by atoms with Gasteiger partial charge < -0.3 is 15.1 Å². The highest BCUT2D eigenvalue weighted by atomic mass is 35.5. The van der Waals surface area contributed by atoms with Crippen molar-refractivity contribution in [2.75, 3.05) is 27.2 Å². The van der Waals surface area contributed by atoms with Gasteiger partial charge in [0.05, 0.1) is 10.0 Å². The summed E-state index contributed by atoms with van der Waals surface area (Å²) in [6.45, 7) is 1.22. The number of carbonyl (C=O) groups excluding carboxylic acids is 2. The first-order valence-electron chi connectivity index (χ1n) is 7.10. The number of rotatable bonds is 2. The topological polar surface area (TPSA) is 52.7 Å². The predicted octanol–water partition coefficient (Wildman–Crippen LogP) is 2.87. The molecular weight excluding hydrogens is 325 g/mol. The van der Waals surface area contributed by atoms with Crippen LogP contribution in [0.25, 0.3) is 0 Å². The van der Waals surface area contributed by atoms with E-state index in [1.54, 1.807) is 37.2 Å². The largest absolute Gasteiger partial charge is 0.338 e. The van der Waals surface area contributed by atoms with Crippen LogP contribution in [0.2, 0.25) is 10.0 Å². The number of carbonyl (C=O) groups is 2. The highest BCUT2D eigenvalue weighted by molar-refractivity contribution is 6.42. The molecule has 0 radical (unpaired) electrons. The summed E-state index contributed by atoms with van der Waals surface area (Å²) in [6, 6.07) is 4.89. The molecule has 0 aromatic heterocycles. The lowest BCUT2D eigenvalue weighted by Crippen LogP contribution is -2.48. The van der Waals surface area contributed by atoms with E-state index in [2.05, 4.69) is 5.32 Å². The first-order chi connectivity index (χ1) is 10.4. The van der Waals surface area contributed by atoms with Gasteiger partial charge in [0.2, 0.25) is 0 Å². The Bertz CT molecular complexity index is 570. The third kappa shape index (κ3) is 4.05. The molecule has 0 atom stereocenters. The Kier molecular flexibility index (Phi) is 5.53. The van der Waals surface area contributed by atoms with Gasteiger partial charge in [-0.05, 0) is 31.0 Å². The van der Waals surface area contributed by atoms with Gasteiger partial charge in [0.1, 0.15) is 0 Å². The number of benzene rings is 1. The third-order valence-electron chi connectivity index (χ3n) is 3.68. The van der Waals surface area contributed by atoms with Crippen molar-refractivity contribution >= 4 is 35.1 Å². The van der Waals surface area contributed by atoms with E-state index in [9.17, 15) is 9.59 Å². The van der Waals surface area contributed by atoms with E-state index in [0.29, 0.717) is 28.7 Å². The van der Waals surface area contributed by atoms with Crippen LogP contribution in [0.5, 0.6) is 0 Å². The van der Waals surface area contributed by atoms with E-state index in [-0.39, 0.29) is 18.0 Å². The molecule has 0 saturated carbocycles. The zero-order chi connectivity index (χ0) is 16.3. The standard InChI is InChI=1S/C15H19Cl2N3O2/c1-19(2)15(22)18-11-5-7-20(8-6-11)14(21)10-3-4-12(16)13(17)9-10/h3-4,9,11H,5-8H2,1-2H3,(H,18,22). The Hall–Kier alpha value is -1.46. The summed E-state index contributed by atoms with van der Waals surface area (Å²) in [5.74, 6) is -0.0593. The van der Waals surface area contributed by atoms with Crippen molar-refractivity contribution in [2.45, 2.75) is 18.9 Å². The molecule has 1 saturated heterocycles. The molecule has 0 unspecified atom stereocenters. The van der Waals surface area contributed by atoms with Gasteiger partial charge in [0.15, 0.2) is 0 Å². The Balaban J connectivity index is 1.92. The number of nitrogens with one attached hydrogen (secondary N) is 1. The lowest BCUT2D eigenvalue weighted by Gasteiger charge is -2.33. The second-order valence-corrected chi connectivity index (χ2v) is 6.35. The maximum absolute atomic E-state index is 12.4. The zero-order valence-electron chi connectivity index (χ0n) is 12.6. The van der Waals surface area contributed by atoms with E-state index >= 15 is 0 Å². The Morgan fingerprint density at radius 2 is 1.82 bits per heavy atom. The molecule has 1 N–H and O–H groups in total. The van der Waals surface area contributed by atoms with Crippen LogP contribution in [-0.2, 0) is 0 Å². The van der Waals surface area contributed by atoms with E-state index in [1.807, 2.05) is 0 Å². The molecule has 7 heteroatoms. The number of amides is 3. The van der Waals surface area contributed by atoms with Crippen LogP contribution >= 0.6 is 23.2 Å². The Morgan fingerprint density at radius 1 is 1.18 bits per heavy atom. The predicted molar refractivity (Wildman–Crippen MR) is 87.6 cm³/mol. The van der Waals surface area contributed by atoms with Crippen LogP contribution in [0.4, 0.5) is 4.79 Å². The molecule has 1 aromatic carbocycles. The van der Waals surface area contributed by atoms with Crippen molar-refractivity contribution < 1.29 is 9.59 Å². The maximum Gasteiger partial charge on any atom is 0.317 e. The summed E-state index contributed by atoms with van der Waals surface area (Å²) in [5.41, 5.74) is 0.533. The minimum absolute atomic E-state index is 0.0593. The number of urea groups is 1. The molecule has 22 heavy (non-hydrogen) atoms. The summed E-state index contributed by atoms with van der Waals surface area (Å²) in [7, 11) is 3.41. The molecule has 3 amide bonds. The van der Waals surface area contributed by atoms with Gasteiger partial charge in [-0.3, -0.25) is 4.79 Å². The van der Waals surface area contributed by atoms with Crippen molar-refractivity contribution in [3.8, 4) is 0 Å².